The molecule has 1 aliphatic heterocycles. The summed E-state index contributed by atoms with van der Waals surface area (Å²) in [5.41, 5.74) is 1.04. The van der Waals surface area contributed by atoms with Crippen molar-refractivity contribution in [2.75, 3.05) is 26.2 Å². The number of sulfonamides is 1. The quantitative estimate of drug-likeness (QED) is 0.604. The Morgan fingerprint density at radius 1 is 1.03 bits per heavy atom. The lowest BCUT2D eigenvalue weighted by atomic mass is 10.1. The summed E-state index contributed by atoms with van der Waals surface area (Å²) in [6.07, 6.45) is 0.214. The van der Waals surface area contributed by atoms with Gasteiger partial charge in [-0.1, -0.05) is 41.9 Å². The van der Waals surface area contributed by atoms with Crippen molar-refractivity contribution >= 4 is 33.4 Å². The molecule has 0 aromatic heterocycles. The van der Waals surface area contributed by atoms with Crippen LogP contribution in [0.4, 0.5) is 0 Å². The minimum Gasteiger partial charge on any atom is -0.360 e. The first kappa shape index (κ1) is 23.2. The van der Waals surface area contributed by atoms with Crippen LogP contribution in [-0.4, -0.2) is 57.0 Å². The van der Waals surface area contributed by atoms with Crippen LogP contribution < -0.4 is 10.6 Å². The molecule has 1 saturated heterocycles. The SMILES string of the molecule is O=C(NCCc1ccccc1)C(=O)NC[C@H]1OCCCN1S(=O)(=O)c1ccc(Cl)cc1. The van der Waals surface area contributed by atoms with Crippen LogP contribution in [0.1, 0.15) is 12.0 Å². The minimum atomic E-state index is -3.84. The Hall–Kier alpha value is -2.46. The molecule has 3 rings (SSSR count). The fraction of sp³-hybridized carbons (Fsp3) is 0.333. The molecule has 10 heteroatoms. The molecule has 8 nitrogen and oxygen atoms in total. The maximum atomic E-state index is 13.0. The number of hydrogen-bond donors (Lipinski definition) is 2. The van der Waals surface area contributed by atoms with Crippen LogP contribution in [-0.2, 0) is 30.8 Å². The molecule has 0 saturated carbocycles. The summed E-state index contributed by atoms with van der Waals surface area (Å²) in [5.74, 6) is -1.62. The van der Waals surface area contributed by atoms with Crippen molar-refractivity contribution < 1.29 is 22.7 Å². The zero-order valence-electron chi connectivity index (χ0n) is 16.8. The van der Waals surface area contributed by atoms with Crippen LogP contribution in [0.2, 0.25) is 5.02 Å². The van der Waals surface area contributed by atoms with Crippen molar-refractivity contribution in [3.63, 3.8) is 0 Å². The predicted octanol–water partition coefficient (Wildman–Crippen LogP) is 1.55. The van der Waals surface area contributed by atoms with Gasteiger partial charge in [0.05, 0.1) is 18.0 Å². The Kier molecular flexibility index (Phi) is 8.03. The summed E-state index contributed by atoms with van der Waals surface area (Å²) in [7, 11) is -3.84. The Morgan fingerprint density at radius 2 is 1.71 bits per heavy atom. The molecule has 2 aromatic carbocycles. The number of benzene rings is 2. The van der Waals surface area contributed by atoms with E-state index in [0.717, 1.165) is 5.56 Å². The van der Waals surface area contributed by atoms with E-state index in [2.05, 4.69) is 10.6 Å². The monoisotopic (exact) mass is 465 g/mol. The third kappa shape index (κ3) is 6.27. The van der Waals surface area contributed by atoms with Gasteiger partial charge in [0.2, 0.25) is 10.0 Å². The zero-order valence-corrected chi connectivity index (χ0v) is 18.4. The van der Waals surface area contributed by atoms with Crippen molar-refractivity contribution in [1.29, 1.82) is 0 Å². The van der Waals surface area contributed by atoms with Gasteiger partial charge in [-0.05, 0) is 42.7 Å². The van der Waals surface area contributed by atoms with Gasteiger partial charge in [0.1, 0.15) is 6.23 Å². The highest BCUT2D eigenvalue weighted by molar-refractivity contribution is 7.89. The molecule has 0 bridgehead atoms. The van der Waals surface area contributed by atoms with Crippen LogP contribution >= 0.6 is 11.6 Å². The molecule has 1 heterocycles. The second kappa shape index (κ2) is 10.7. The van der Waals surface area contributed by atoms with Gasteiger partial charge in [-0.3, -0.25) is 9.59 Å². The van der Waals surface area contributed by atoms with Crippen LogP contribution in [0.15, 0.2) is 59.5 Å². The van der Waals surface area contributed by atoms with E-state index in [1.54, 1.807) is 0 Å². The molecule has 0 aliphatic carbocycles. The molecule has 1 aliphatic rings. The number of carbonyl (C=O) groups is 2. The molecule has 0 radical (unpaired) electrons. The van der Waals surface area contributed by atoms with Crippen molar-refractivity contribution in [2.45, 2.75) is 24.0 Å². The Morgan fingerprint density at radius 3 is 2.42 bits per heavy atom. The predicted molar refractivity (Wildman–Crippen MR) is 116 cm³/mol. The van der Waals surface area contributed by atoms with Gasteiger partial charge in [0, 0.05) is 18.1 Å². The molecule has 2 N–H and O–H groups in total. The molecule has 166 valence electrons. The van der Waals surface area contributed by atoms with E-state index in [4.69, 9.17) is 16.3 Å². The van der Waals surface area contributed by atoms with E-state index in [1.165, 1.54) is 28.6 Å². The first-order chi connectivity index (χ1) is 14.9. The summed E-state index contributed by atoms with van der Waals surface area (Å²) in [6.45, 7) is 0.774. The highest BCUT2D eigenvalue weighted by Crippen LogP contribution is 2.23. The van der Waals surface area contributed by atoms with E-state index >= 15 is 0 Å². The fourth-order valence-corrected chi connectivity index (χ4v) is 4.84. The van der Waals surface area contributed by atoms with Gasteiger partial charge in [-0.2, -0.15) is 4.31 Å². The second-order valence-corrected chi connectivity index (χ2v) is 9.28. The number of halogens is 1. The van der Waals surface area contributed by atoms with Crippen LogP contribution in [0.25, 0.3) is 0 Å². The van der Waals surface area contributed by atoms with Crippen LogP contribution in [0, 0.1) is 0 Å². The number of rotatable bonds is 7. The number of nitrogens with one attached hydrogen (secondary N) is 2. The molecule has 31 heavy (non-hydrogen) atoms. The summed E-state index contributed by atoms with van der Waals surface area (Å²) < 4.78 is 32.7. The summed E-state index contributed by atoms with van der Waals surface area (Å²) in [4.78, 5) is 24.2. The molecule has 1 atom stereocenters. The lowest BCUT2D eigenvalue weighted by Crippen LogP contribution is -2.53. The highest BCUT2D eigenvalue weighted by Gasteiger charge is 2.34. The first-order valence-electron chi connectivity index (χ1n) is 9.87. The van der Waals surface area contributed by atoms with Gasteiger partial charge >= 0.3 is 11.8 Å². The van der Waals surface area contributed by atoms with E-state index < -0.39 is 28.1 Å². The molecular weight excluding hydrogens is 442 g/mol. The maximum Gasteiger partial charge on any atom is 0.309 e. The number of amides is 2. The zero-order chi connectivity index (χ0) is 22.3. The van der Waals surface area contributed by atoms with Crippen molar-refractivity contribution in [3.8, 4) is 0 Å². The van der Waals surface area contributed by atoms with Crippen LogP contribution in [0.3, 0.4) is 0 Å². The lowest BCUT2D eigenvalue weighted by molar-refractivity contribution is -0.140. The Bertz CT molecular complexity index is 999. The number of hydrogen-bond acceptors (Lipinski definition) is 5. The summed E-state index contributed by atoms with van der Waals surface area (Å²) in [6, 6.07) is 15.4. The van der Waals surface area contributed by atoms with E-state index in [1.807, 2.05) is 30.3 Å². The van der Waals surface area contributed by atoms with Crippen LogP contribution in [0.5, 0.6) is 0 Å². The third-order valence-corrected chi connectivity index (χ3v) is 6.92. The lowest BCUT2D eigenvalue weighted by Gasteiger charge is -2.34. The summed E-state index contributed by atoms with van der Waals surface area (Å²) >= 11 is 5.84. The van der Waals surface area contributed by atoms with Gasteiger partial charge < -0.3 is 15.4 Å². The average molecular weight is 466 g/mol. The van der Waals surface area contributed by atoms with E-state index in [9.17, 15) is 18.0 Å². The number of ether oxygens (including phenoxy) is 1. The van der Waals surface area contributed by atoms with Crippen molar-refractivity contribution in [2.24, 2.45) is 0 Å². The Balaban J connectivity index is 1.54. The highest BCUT2D eigenvalue weighted by atomic mass is 35.5. The molecule has 2 aromatic rings. The van der Waals surface area contributed by atoms with Gasteiger partial charge in [-0.25, -0.2) is 8.42 Å². The maximum absolute atomic E-state index is 13.0. The molecule has 1 fully saturated rings. The first-order valence-corrected chi connectivity index (χ1v) is 11.7. The van der Waals surface area contributed by atoms with Gasteiger partial charge in [0.25, 0.3) is 0 Å². The van der Waals surface area contributed by atoms with E-state index in [0.29, 0.717) is 31.0 Å². The van der Waals surface area contributed by atoms with E-state index in [-0.39, 0.29) is 18.0 Å². The fourth-order valence-electron chi connectivity index (χ4n) is 3.15. The third-order valence-electron chi connectivity index (χ3n) is 4.76. The smallest absolute Gasteiger partial charge is 0.309 e. The topological polar surface area (TPSA) is 105 Å². The molecule has 2 amide bonds. The molecule has 0 spiro atoms. The largest absolute Gasteiger partial charge is 0.360 e. The number of nitrogens with zero attached hydrogens (tertiary/aromatic N) is 1. The van der Waals surface area contributed by atoms with Gasteiger partial charge in [-0.15, -0.1) is 0 Å². The van der Waals surface area contributed by atoms with Crippen molar-refractivity contribution in [3.05, 3.63) is 65.2 Å². The Labute approximate surface area is 186 Å². The minimum absolute atomic E-state index is 0.0809. The standard InChI is InChI=1S/C21H24ClN3O5S/c22-17-7-9-18(10-8-17)31(28,29)25-13-4-14-30-19(25)15-24-21(27)20(26)23-12-11-16-5-2-1-3-6-16/h1-3,5-10,19H,4,11-15H2,(H,23,26)(H,24,27)/t19-/m1/s1. The normalized spacial score (nSPS) is 17.1. The average Bonchev–Trinajstić information content (AvgIpc) is 2.78. The number of carbonyl (C=O) groups excluding carboxylic acids is 2. The second-order valence-electron chi connectivity index (χ2n) is 6.95. The molecular formula is C21H24ClN3O5S. The summed E-state index contributed by atoms with van der Waals surface area (Å²) in [5, 5.41) is 5.44. The molecule has 0 unspecified atom stereocenters. The van der Waals surface area contributed by atoms with Crippen molar-refractivity contribution in [1.82, 2.24) is 14.9 Å². The van der Waals surface area contributed by atoms with Gasteiger partial charge in [0.15, 0.2) is 0 Å².